The smallest absolute Gasteiger partial charge is 0.407 e. The van der Waals surface area contributed by atoms with Gasteiger partial charge in [0.25, 0.3) is 0 Å². The molecule has 1 saturated heterocycles. The molecule has 3 aromatic rings. The highest BCUT2D eigenvalue weighted by Crippen LogP contribution is 2.29. The van der Waals surface area contributed by atoms with Crippen LogP contribution in [0.25, 0.3) is 23.4 Å². The molecule has 1 aromatic carbocycles. The third kappa shape index (κ3) is 6.51. The van der Waals surface area contributed by atoms with Crippen LogP contribution < -0.4 is 10.2 Å². The van der Waals surface area contributed by atoms with Crippen molar-refractivity contribution in [3.63, 3.8) is 0 Å². The van der Waals surface area contributed by atoms with Crippen LogP contribution in [-0.2, 0) is 4.74 Å². The van der Waals surface area contributed by atoms with E-state index in [1.807, 2.05) is 51.1 Å². The lowest BCUT2D eigenvalue weighted by Gasteiger charge is -2.33. The highest BCUT2D eigenvalue weighted by atomic mass is 19.1. The van der Waals surface area contributed by atoms with Crippen molar-refractivity contribution < 1.29 is 13.9 Å². The Balaban J connectivity index is 1.44. The van der Waals surface area contributed by atoms with Gasteiger partial charge in [0.15, 0.2) is 0 Å². The number of benzene rings is 1. The average Bonchev–Trinajstić information content (AvgIpc) is 3.28. The number of nitrogens with zero attached hydrogens (tertiary/aromatic N) is 3. The van der Waals surface area contributed by atoms with Crippen molar-refractivity contribution >= 4 is 24.1 Å². The zero-order valence-electron chi connectivity index (χ0n) is 20.7. The van der Waals surface area contributed by atoms with E-state index in [2.05, 4.69) is 26.3 Å². The van der Waals surface area contributed by atoms with E-state index in [0.29, 0.717) is 18.7 Å². The molecule has 1 aliphatic rings. The number of halogens is 1. The van der Waals surface area contributed by atoms with Gasteiger partial charge in [-0.3, -0.25) is 4.98 Å². The molecule has 0 saturated carbocycles. The van der Waals surface area contributed by atoms with Gasteiger partial charge in [0.05, 0.1) is 11.3 Å². The molecule has 0 atom stereocenters. The first-order valence-electron chi connectivity index (χ1n) is 12.0. The largest absolute Gasteiger partial charge is 0.444 e. The van der Waals surface area contributed by atoms with Gasteiger partial charge in [-0.05, 0) is 75.6 Å². The summed E-state index contributed by atoms with van der Waals surface area (Å²) in [6.07, 6.45) is 6.58. The summed E-state index contributed by atoms with van der Waals surface area (Å²) in [6, 6.07) is 14.3. The first kappa shape index (κ1) is 25.0. The topological polar surface area (TPSA) is 94.0 Å². The molecule has 0 bridgehead atoms. The van der Waals surface area contributed by atoms with E-state index in [1.54, 1.807) is 18.3 Å². The number of carbonyl (C=O) groups excluding carboxylic acids is 1. The summed E-state index contributed by atoms with van der Waals surface area (Å²) in [7, 11) is 0. The van der Waals surface area contributed by atoms with E-state index in [4.69, 9.17) is 4.74 Å². The van der Waals surface area contributed by atoms with Gasteiger partial charge < -0.3 is 19.9 Å². The van der Waals surface area contributed by atoms with E-state index in [-0.39, 0.29) is 11.9 Å². The third-order valence-corrected chi connectivity index (χ3v) is 5.86. The Bertz CT molecular complexity index is 1280. The van der Waals surface area contributed by atoms with Crippen molar-refractivity contribution in [1.29, 1.82) is 5.26 Å². The average molecular weight is 488 g/mol. The number of hydrogen-bond acceptors (Lipinski definition) is 5. The van der Waals surface area contributed by atoms with Crippen LogP contribution in [0, 0.1) is 17.1 Å². The summed E-state index contributed by atoms with van der Waals surface area (Å²) in [4.78, 5) is 22.0. The fourth-order valence-electron chi connectivity index (χ4n) is 4.12. The molecular weight excluding hydrogens is 457 g/mol. The van der Waals surface area contributed by atoms with Gasteiger partial charge in [0.1, 0.15) is 23.3 Å². The maximum atomic E-state index is 13.1. The maximum absolute atomic E-state index is 13.1. The maximum Gasteiger partial charge on any atom is 0.407 e. The summed E-state index contributed by atoms with van der Waals surface area (Å²) in [5.74, 6) is 0.509. The van der Waals surface area contributed by atoms with Crippen LogP contribution in [0.2, 0.25) is 0 Å². The van der Waals surface area contributed by atoms with E-state index < -0.39 is 11.7 Å². The Morgan fingerprint density at radius 2 is 1.92 bits per heavy atom. The molecule has 0 aliphatic carbocycles. The molecule has 2 aromatic heterocycles. The number of aromatic amines is 1. The summed E-state index contributed by atoms with van der Waals surface area (Å²) < 4.78 is 18.5. The number of aromatic nitrogens is 2. The molecule has 186 valence electrons. The standard InChI is InChI=1S/C28H30FN5O2/c1-28(2,3)36-27(35)32-23-11-14-34(15-12-23)26-21(18-30)17-25(33-26)20-10-13-31-24(16-20)9-6-19-4-7-22(29)8-5-19/h4-10,13,16-17,23,33H,11-12,14-15H2,1-3H3,(H,32,35)/b9-6+. The van der Waals surface area contributed by atoms with E-state index >= 15 is 0 Å². The molecule has 0 spiro atoms. The number of alkyl carbamates (subject to hydrolysis) is 1. The van der Waals surface area contributed by atoms with Gasteiger partial charge in [-0.15, -0.1) is 0 Å². The van der Waals surface area contributed by atoms with Crippen LogP contribution >= 0.6 is 0 Å². The normalized spacial score (nSPS) is 14.6. The zero-order chi connectivity index (χ0) is 25.7. The van der Waals surface area contributed by atoms with Gasteiger partial charge in [-0.2, -0.15) is 5.26 Å². The second-order valence-electron chi connectivity index (χ2n) is 9.82. The van der Waals surface area contributed by atoms with Crippen LogP contribution in [0.4, 0.5) is 15.0 Å². The molecule has 3 heterocycles. The van der Waals surface area contributed by atoms with Crippen molar-refractivity contribution in [1.82, 2.24) is 15.3 Å². The number of hydrogen-bond donors (Lipinski definition) is 2. The van der Waals surface area contributed by atoms with Crippen molar-refractivity contribution in [3.8, 4) is 17.3 Å². The Kier molecular flexibility index (Phi) is 7.39. The number of pyridine rings is 1. The molecule has 36 heavy (non-hydrogen) atoms. The monoisotopic (exact) mass is 487 g/mol. The molecule has 1 amide bonds. The first-order valence-corrected chi connectivity index (χ1v) is 12.0. The summed E-state index contributed by atoms with van der Waals surface area (Å²) in [5, 5.41) is 12.7. The zero-order valence-corrected chi connectivity index (χ0v) is 20.7. The molecule has 1 aliphatic heterocycles. The molecular formula is C28H30FN5O2. The fraction of sp³-hybridized carbons (Fsp3) is 0.321. The summed E-state index contributed by atoms with van der Waals surface area (Å²) in [6.45, 7) is 6.94. The van der Waals surface area contributed by atoms with Gasteiger partial charge in [-0.25, -0.2) is 9.18 Å². The van der Waals surface area contributed by atoms with Gasteiger partial charge in [-0.1, -0.05) is 18.2 Å². The second kappa shape index (κ2) is 10.6. The number of H-pyrrole nitrogens is 1. The summed E-state index contributed by atoms with van der Waals surface area (Å²) in [5.41, 5.74) is 3.41. The van der Waals surface area contributed by atoms with Crippen LogP contribution in [0.15, 0.2) is 48.7 Å². The third-order valence-electron chi connectivity index (χ3n) is 5.86. The number of anilines is 1. The lowest BCUT2D eigenvalue weighted by Crippen LogP contribution is -2.46. The Hall–Kier alpha value is -4.12. The number of rotatable bonds is 5. The minimum Gasteiger partial charge on any atom is -0.444 e. The van der Waals surface area contributed by atoms with E-state index in [1.165, 1.54) is 12.1 Å². The number of piperidine rings is 1. The van der Waals surface area contributed by atoms with Gasteiger partial charge >= 0.3 is 6.09 Å². The van der Waals surface area contributed by atoms with Gasteiger partial charge in [0.2, 0.25) is 0 Å². The summed E-state index contributed by atoms with van der Waals surface area (Å²) >= 11 is 0. The van der Waals surface area contributed by atoms with Crippen molar-refractivity contribution in [3.05, 3.63) is 71.3 Å². The van der Waals surface area contributed by atoms with Crippen LogP contribution in [-0.4, -0.2) is 40.8 Å². The van der Waals surface area contributed by atoms with Crippen molar-refractivity contribution in [2.75, 3.05) is 18.0 Å². The molecule has 0 radical (unpaired) electrons. The van der Waals surface area contributed by atoms with Crippen LogP contribution in [0.1, 0.15) is 50.4 Å². The molecule has 8 heteroatoms. The van der Waals surface area contributed by atoms with E-state index in [0.717, 1.165) is 41.2 Å². The Morgan fingerprint density at radius 1 is 1.19 bits per heavy atom. The highest BCUT2D eigenvalue weighted by molar-refractivity contribution is 5.74. The van der Waals surface area contributed by atoms with E-state index in [9.17, 15) is 14.4 Å². The fourth-order valence-corrected chi connectivity index (χ4v) is 4.12. The first-order chi connectivity index (χ1) is 17.2. The second-order valence-corrected chi connectivity index (χ2v) is 9.82. The molecule has 4 rings (SSSR count). The number of ether oxygens (including phenoxy) is 1. The SMILES string of the molecule is CC(C)(C)OC(=O)NC1CCN(c2[nH]c(-c3ccnc(/C=C/c4ccc(F)cc4)c3)cc2C#N)CC1. The molecule has 0 unspecified atom stereocenters. The molecule has 2 N–H and O–H groups in total. The lowest BCUT2D eigenvalue weighted by molar-refractivity contribution is 0.0497. The number of nitrogens with one attached hydrogen (secondary N) is 2. The Morgan fingerprint density at radius 3 is 2.58 bits per heavy atom. The molecule has 7 nitrogen and oxygen atoms in total. The van der Waals surface area contributed by atoms with Crippen LogP contribution in [0.5, 0.6) is 0 Å². The minimum atomic E-state index is -0.531. The van der Waals surface area contributed by atoms with Crippen molar-refractivity contribution in [2.24, 2.45) is 0 Å². The highest BCUT2D eigenvalue weighted by Gasteiger charge is 2.25. The predicted octanol–water partition coefficient (Wildman–Crippen LogP) is 5.75. The minimum absolute atomic E-state index is 0.0340. The van der Waals surface area contributed by atoms with Crippen molar-refractivity contribution in [2.45, 2.75) is 45.3 Å². The number of nitriles is 1. The number of amides is 1. The lowest BCUT2D eigenvalue weighted by atomic mass is 10.0. The predicted molar refractivity (Wildman–Crippen MR) is 139 cm³/mol. The van der Waals surface area contributed by atoms with Gasteiger partial charge in [0, 0.05) is 36.6 Å². The number of carbonyl (C=O) groups is 1. The quantitative estimate of drug-likeness (QED) is 0.478. The Labute approximate surface area is 210 Å². The molecule has 1 fully saturated rings. The van der Waals surface area contributed by atoms with Crippen LogP contribution in [0.3, 0.4) is 0 Å².